The highest BCUT2D eigenvalue weighted by molar-refractivity contribution is 6.00. The normalized spacial score (nSPS) is 32.3. The zero-order valence-corrected chi connectivity index (χ0v) is 21.5. The highest BCUT2D eigenvalue weighted by atomic mass is 16.4. The van der Waals surface area contributed by atoms with Crippen LogP contribution in [-0.4, -0.2) is 112 Å². The number of aliphatic hydroxyl groups is 1. The lowest BCUT2D eigenvalue weighted by atomic mass is 9.76. The van der Waals surface area contributed by atoms with Crippen molar-refractivity contribution in [2.24, 2.45) is 34.2 Å². The molecule has 0 aliphatic carbocycles. The van der Waals surface area contributed by atoms with E-state index in [9.17, 15) is 29.4 Å². The number of likely N-dealkylation sites (N-methyl/N-ethyl adjacent to an activating group) is 1. The second-order valence-corrected chi connectivity index (χ2v) is 10.8. The van der Waals surface area contributed by atoms with Gasteiger partial charge in [-0.25, -0.2) is 9.79 Å². The molecule has 0 aromatic heterocycles. The van der Waals surface area contributed by atoms with Crippen molar-refractivity contribution >= 4 is 29.7 Å². The third-order valence-corrected chi connectivity index (χ3v) is 8.22. The van der Waals surface area contributed by atoms with Crippen LogP contribution in [0, 0.1) is 17.8 Å². The Kier molecular flexibility index (Phi) is 7.47. The standard InChI is InChI=1S/C24H37N7O6/c1-11-15(20(23(36)37)31-19(11)18(12(2)32)22(31)35)6-13-7-16(29(3)9-13)21(34)30-5-4-14(10-30)28-17(33)8-27-24(25)26/h11-14,16,18-19,32H,4-10H2,1-3H3,(H,28,33)(H,36,37)(H4,25,26,27)/t11-,12+,13?,14-,16-,18+,19+/m0/s1. The number of fused-ring (bicyclic) bond motifs is 1. The van der Waals surface area contributed by atoms with Gasteiger partial charge in [-0.15, -0.1) is 0 Å². The molecule has 0 bridgehead atoms. The van der Waals surface area contributed by atoms with Gasteiger partial charge in [0, 0.05) is 31.6 Å². The number of amides is 3. The van der Waals surface area contributed by atoms with Crippen LogP contribution in [0.3, 0.4) is 0 Å². The number of carboxylic acid groups (broad SMARTS) is 1. The van der Waals surface area contributed by atoms with Crippen LogP contribution in [-0.2, 0) is 19.2 Å². The predicted molar refractivity (Wildman–Crippen MR) is 133 cm³/mol. The number of carboxylic acids is 1. The molecule has 4 rings (SSSR count). The van der Waals surface area contributed by atoms with Gasteiger partial charge >= 0.3 is 5.97 Å². The maximum absolute atomic E-state index is 13.3. The first-order valence-corrected chi connectivity index (χ1v) is 12.7. The number of aliphatic imine (C=N–C) groups is 1. The Morgan fingerprint density at radius 3 is 2.57 bits per heavy atom. The van der Waals surface area contributed by atoms with Gasteiger partial charge in [-0.05, 0) is 44.7 Å². The van der Waals surface area contributed by atoms with Gasteiger partial charge in [0.05, 0.1) is 24.1 Å². The molecule has 3 saturated heterocycles. The molecule has 4 aliphatic heterocycles. The Labute approximate surface area is 215 Å². The minimum atomic E-state index is -1.13. The summed E-state index contributed by atoms with van der Waals surface area (Å²) in [7, 11) is 1.89. The van der Waals surface area contributed by atoms with Crippen LogP contribution in [0.5, 0.6) is 0 Å². The molecule has 0 saturated carbocycles. The van der Waals surface area contributed by atoms with Gasteiger partial charge in [-0.1, -0.05) is 6.92 Å². The number of rotatable bonds is 8. The molecule has 204 valence electrons. The molecule has 13 nitrogen and oxygen atoms in total. The number of aliphatic carboxylic acids is 1. The minimum Gasteiger partial charge on any atom is -0.477 e. The van der Waals surface area contributed by atoms with Gasteiger partial charge in [-0.3, -0.25) is 19.3 Å². The fourth-order valence-electron chi connectivity index (χ4n) is 6.50. The van der Waals surface area contributed by atoms with E-state index < -0.39 is 18.0 Å². The van der Waals surface area contributed by atoms with Crippen LogP contribution >= 0.6 is 0 Å². The molecule has 13 heteroatoms. The number of nitrogens with two attached hydrogens (primary N) is 2. The molecule has 0 aromatic rings. The lowest BCUT2D eigenvalue weighted by Gasteiger charge is -2.46. The van der Waals surface area contributed by atoms with E-state index in [1.165, 1.54) is 4.90 Å². The summed E-state index contributed by atoms with van der Waals surface area (Å²) >= 11 is 0. The summed E-state index contributed by atoms with van der Waals surface area (Å²) in [6.45, 7) is 4.89. The van der Waals surface area contributed by atoms with E-state index in [0.29, 0.717) is 44.5 Å². The highest BCUT2D eigenvalue weighted by Crippen LogP contribution is 2.49. The van der Waals surface area contributed by atoms with Crippen molar-refractivity contribution in [3.63, 3.8) is 0 Å². The highest BCUT2D eigenvalue weighted by Gasteiger charge is 2.60. The topological polar surface area (TPSA) is 195 Å². The molecule has 7 N–H and O–H groups in total. The van der Waals surface area contributed by atoms with E-state index in [4.69, 9.17) is 11.5 Å². The molecule has 3 fully saturated rings. The number of aliphatic hydroxyl groups excluding tert-OH is 1. The predicted octanol–water partition coefficient (Wildman–Crippen LogP) is -2.12. The van der Waals surface area contributed by atoms with Crippen molar-refractivity contribution in [3.8, 4) is 0 Å². The van der Waals surface area contributed by atoms with Gasteiger partial charge in [0.2, 0.25) is 17.7 Å². The first-order valence-electron chi connectivity index (χ1n) is 12.7. The molecule has 4 heterocycles. The number of hydrogen-bond acceptors (Lipinski definition) is 7. The van der Waals surface area contributed by atoms with Crippen molar-refractivity contribution in [2.45, 2.75) is 57.3 Å². The Balaban J connectivity index is 1.37. The third kappa shape index (κ3) is 5.01. The maximum atomic E-state index is 13.3. The van der Waals surface area contributed by atoms with Gasteiger partial charge in [0.1, 0.15) is 12.2 Å². The Hall–Kier alpha value is -3.19. The van der Waals surface area contributed by atoms with E-state index in [-0.39, 0.29) is 65.9 Å². The lowest BCUT2D eigenvalue weighted by Crippen LogP contribution is -2.63. The number of carbonyl (C=O) groups is 4. The average molecular weight is 520 g/mol. The summed E-state index contributed by atoms with van der Waals surface area (Å²) in [6, 6.07) is -0.843. The average Bonchev–Trinajstić information content (AvgIpc) is 3.48. The monoisotopic (exact) mass is 519 g/mol. The molecule has 7 atom stereocenters. The molecule has 3 amide bonds. The lowest BCUT2D eigenvalue weighted by molar-refractivity contribution is -0.163. The van der Waals surface area contributed by atoms with Crippen LogP contribution in [0.25, 0.3) is 0 Å². The van der Waals surface area contributed by atoms with Crippen LogP contribution in [0.4, 0.5) is 0 Å². The summed E-state index contributed by atoms with van der Waals surface area (Å²) in [6.07, 6.45) is 0.856. The second kappa shape index (κ2) is 10.3. The van der Waals surface area contributed by atoms with E-state index in [2.05, 4.69) is 10.3 Å². The quantitative estimate of drug-likeness (QED) is 0.135. The summed E-state index contributed by atoms with van der Waals surface area (Å²) in [5.74, 6) is -2.66. The van der Waals surface area contributed by atoms with E-state index >= 15 is 0 Å². The molecule has 37 heavy (non-hydrogen) atoms. The number of likely N-dealkylation sites (tertiary alicyclic amines) is 2. The fourth-order valence-corrected chi connectivity index (χ4v) is 6.50. The second-order valence-electron chi connectivity index (χ2n) is 10.8. The van der Waals surface area contributed by atoms with E-state index in [1.54, 1.807) is 11.8 Å². The summed E-state index contributed by atoms with van der Waals surface area (Å²) in [5, 5.41) is 22.8. The number of carbonyl (C=O) groups excluding carboxylic acids is 3. The number of guanidine groups is 1. The third-order valence-electron chi connectivity index (χ3n) is 8.22. The van der Waals surface area contributed by atoms with Crippen LogP contribution in [0.1, 0.15) is 33.1 Å². The van der Waals surface area contributed by atoms with Crippen molar-refractivity contribution in [3.05, 3.63) is 11.3 Å². The first-order chi connectivity index (χ1) is 17.4. The van der Waals surface area contributed by atoms with Crippen molar-refractivity contribution < 1.29 is 29.4 Å². The van der Waals surface area contributed by atoms with Gasteiger partial charge in [0.25, 0.3) is 0 Å². The number of β-lactam (4-membered cyclic amide) rings is 1. The maximum Gasteiger partial charge on any atom is 0.352 e. The Bertz CT molecular complexity index is 1040. The zero-order valence-electron chi connectivity index (χ0n) is 21.5. The number of nitrogens with one attached hydrogen (secondary N) is 1. The van der Waals surface area contributed by atoms with Gasteiger partial charge < -0.3 is 36.8 Å². The van der Waals surface area contributed by atoms with Crippen molar-refractivity contribution in [1.29, 1.82) is 0 Å². The van der Waals surface area contributed by atoms with Crippen molar-refractivity contribution in [2.75, 3.05) is 33.2 Å². The molecule has 0 radical (unpaired) electrons. The summed E-state index contributed by atoms with van der Waals surface area (Å²) in [5.41, 5.74) is 11.3. The minimum absolute atomic E-state index is 0.00829. The van der Waals surface area contributed by atoms with E-state index in [0.717, 1.165) is 0 Å². The van der Waals surface area contributed by atoms with Crippen LogP contribution < -0.4 is 16.8 Å². The Morgan fingerprint density at radius 2 is 1.95 bits per heavy atom. The van der Waals surface area contributed by atoms with Gasteiger partial charge in [-0.2, -0.15) is 0 Å². The molecular formula is C24H37N7O6. The molecule has 0 spiro atoms. The van der Waals surface area contributed by atoms with Gasteiger partial charge in [0.15, 0.2) is 5.96 Å². The van der Waals surface area contributed by atoms with E-state index in [1.807, 2.05) is 18.9 Å². The molecular weight excluding hydrogens is 482 g/mol. The smallest absolute Gasteiger partial charge is 0.352 e. The SMILES string of the molecule is C[C@@H](O)[C@H]1C(=O)N2C(C(=O)O)=C(CC3C[C@@H](C(=O)N4CC[C@H](NC(=O)CN=C(N)N)C4)N(C)C3)[C@H](C)[C@H]12. The summed E-state index contributed by atoms with van der Waals surface area (Å²) in [4.78, 5) is 58.8. The first kappa shape index (κ1) is 26.9. The largest absolute Gasteiger partial charge is 0.477 e. The number of nitrogens with zero attached hydrogens (tertiary/aromatic N) is 4. The molecule has 0 aromatic carbocycles. The van der Waals surface area contributed by atoms with Crippen LogP contribution in [0.15, 0.2) is 16.3 Å². The molecule has 4 aliphatic rings. The van der Waals surface area contributed by atoms with Crippen molar-refractivity contribution in [1.82, 2.24) is 20.0 Å². The number of hydrogen-bond donors (Lipinski definition) is 5. The molecule has 1 unspecified atom stereocenters. The zero-order chi connectivity index (χ0) is 27.2. The Morgan fingerprint density at radius 1 is 1.24 bits per heavy atom. The summed E-state index contributed by atoms with van der Waals surface area (Å²) < 4.78 is 0. The fraction of sp³-hybridized carbons (Fsp3) is 0.708. The van der Waals surface area contributed by atoms with Crippen LogP contribution in [0.2, 0.25) is 0 Å².